The van der Waals surface area contributed by atoms with Crippen molar-refractivity contribution in [2.45, 2.75) is 26.4 Å². The fourth-order valence-corrected chi connectivity index (χ4v) is 3.71. The highest BCUT2D eigenvalue weighted by Gasteiger charge is 2.16. The molecule has 4 rings (SSSR count). The molecule has 0 radical (unpaired) electrons. The van der Waals surface area contributed by atoms with Gasteiger partial charge in [0.05, 0.1) is 19.5 Å². The number of urea groups is 1. The van der Waals surface area contributed by atoms with Crippen LogP contribution < -0.4 is 10.1 Å². The third-order valence-electron chi connectivity index (χ3n) is 5.32. The number of carbonyl (C=O) groups excluding carboxylic acids is 1. The van der Waals surface area contributed by atoms with Gasteiger partial charge in [0, 0.05) is 54.8 Å². The molecule has 0 fully saturated rings. The molecule has 0 spiro atoms. The van der Waals surface area contributed by atoms with E-state index in [1.54, 1.807) is 12.5 Å². The number of aromatic nitrogens is 3. The standard InChI is InChI=1S/C26H29N5O2/c1-2-33-25-12-4-3-9-22(25)20-31(17-8-14-29-18-13-27-21-29)26(32)28-23-10-7-11-24(19-23)30-15-5-6-16-30/h3-7,9-13,15-16,18-19,21H,2,8,14,17,20H2,1H3,(H,28,32). The molecule has 170 valence electrons. The van der Waals surface area contributed by atoms with Crippen LogP contribution in [0.25, 0.3) is 5.69 Å². The van der Waals surface area contributed by atoms with Gasteiger partial charge in [0.25, 0.3) is 0 Å². The minimum Gasteiger partial charge on any atom is -0.494 e. The second kappa shape index (κ2) is 11.0. The number of rotatable bonds is 10. The molecular formula is C26H29N5O2. The Morgan fingerprint density at radius 2 is 1.91 bits per heavy atom. The van der Waals surface area contributed by atoms with Crippen molar-refractivity contribution in [1.29, 1.82) is 0 Å². The quantitative estimate of drug-likeness (QED) is 0.367. The maximum absolute atomic E-state index is 13.3. The van der Waals surface area contributed by atoms with Crippen LogP contribution in [0.5, 0.6) is 5.75 Å². The van der Waals surface area contributed by atoms with Gasteiger partial charge in [-0.25, -0.2) is 9.78 Å². The van der Waals surface area contributed by atoms with E-state index in [9.17, 15) is 4.79 Å². The van der Waals surface area contributed by atoms with Crippen molar-refractivity contribution in [3.8, 4) is 11.4 Å². The van der Waals surface area contributed by atoms with E-state index in [4.69, 9.17) is 4.74 Å². The molecule has 0 atom stereocenters. The number of hydrogen-bond donors (Lipinski definition) is 1. The fraction of sp³-hybridized carbons (Fsp3) is 0.231. The Bertz CT molecular complexity index is 1140. The van der Waals surface area contributed by atoms with Crippen LogP contribution in [-0.2, 0) is 13.1 Å². The molecule has 4 aromatic rings. The highest BCUT2D eigenvalue weighted by atomic mass is 16.5. The molecule has 33 heavy (non-hydrogen) atoms. The molecule has 0 unspecified atom stereocenters. The van der Waals surface area contributed by atoms with Crippen LogP contribution in [0, 0.1) is 0 Å². The van der Waals surface area contributed by atoms with Gasteiger partial charge in [0.2, 0.25) is 0 Å². The number of anilines is 1. The van der Waals surface area contributed by atoms with Crippen molar-refractivity contribution < 1.29 is 9.53 Å². The van der Waals surface area contributed by atoms with E-state index >= 15 is 0 Å². The summed E-state index contributed by atoms with van der Waals surface area (Å²) in [5, 5.41) is 3.07. The molecule has 7 heteroatoms. The van der Waals surface area contributed by atoms with Gasteiger partial charge in [-0.15, -0.1) is 0 Å². The summed E-state index contributed by atoms with van der Waals surface area (Å²) in [6.07, 6.45) is 10.3. The molecule has 0 aliphatic rings. The SMILES string of the molecule is CCOc1ccccc1CN(CCCn1ccnc1)C(=O)Nc1cccc(-n2cccc2)c1. The molecule has 0 aliphatic carbocycles. The Labute approximate surface area is 194 Å². The third-order valence-corrected chi connectivity index (χ3v) is 5.32. The average molecular weight is 444 g/mol. The minimum absolute atomic E-state index is 0.142. The van der Waals surface area contributed by atoms with Crippen LogP contribution in [0.4, 0.5) is 10.5 Å². The summed E-state index contributed by atoms with van der Waals surface area (Å²) in [6.45, 7) is 4.39. The van der Waals surface area contributed by atoms with Crippen LogP contribution in [0.2, 0.25) is 0 Å². The highest BCUT2D eigenvalue weighted by Crippen LogP contribution is 2.21. The molecule has 7 nitrogen and oxygen atoms in total. The zero-order valence-corrected chi connectivity index (χ0v) is 18.8. The first kappa shape index (κ1) is 22.2. The van der Waals surface area contributed by atoms with Gasteiger partial charge in [-0.1, -0.05) is 24.3 Å². The number of amides is 2. The van der Waals surface area contributed by atoms with Crippen LogP contribution in [0.15, 0.2) is 91.8 Å². The van der Waals surface area contributed by atoms with Crippen LogP contribution in [0.3, 0.4) is 0 Å². The lowest BCUT2D eigenvalue weighted by Crippen LogP contribution is -2.35. The number of nitrogens with zero attached hydrogens (tertiary/aromatic N) is 4. The summed E-state index contributed by atoms with van der Waals surface area (Å²) in [5.41, 5.74) is 2.73. The zero-order valence-electron chi connectivity index (χ0n) is 18.8. The molecule has 2 amide bonds. The van der Waals surface area contributed by atoms with E-state index < -0.39 is 0 Å². The van der Waals surface area contributed by atoms with Gasteiger partial charge in [-0.2, -0.15) is 0 Å². The van der Waals surface area contributed by atoms with E-state index in [1.165, 1.54) is 0 Å². The minimum atomic E-state index is -0.142. The molecule has 2 aromatic heterocycles. The average Bonchev–Trinajstić information content (AvgIpc) is 3.55. The van der Waals surface area contributed by atoms with Crippen LogP contribution in [0.1, 0.15) is 18.9 Å². The summed E-state index contributed by atoms with van der Waals surface area (Å²) in [4.78, 5) is 19.2. The number of ether oxygens (including phenoxy) is 1. The lowest BCUT2D eigenvalue weighted by Gasteiger charge is -2.24. The lowest BCUT2D eigenvalue weighted by molar-refractivity contribution is 0.206. The number of carbonyl (C=O) groups is 1. The predicted octanol–water partition coefficient (Wildman–Crippen LogP) is 5.20. The first-order valence-electron chi connectivity index (χ1n) is 11.2. The van der Waals surface area contributed by atoms with Crippen molar-refractivity contribution in [1.82, 2.24) is 19.0 Å². The summed E-state index contributed by atoms with van der Waals surface area (Å²) in [5.74, 6) is 0.807. The zero-order chi connectivity index (χ0) is 22.9. The first-order valence-corrected chi connectivity index (χ1v) is 11.2. The number of benzene rings is 2. The molecule has 2 aromatic carbocycles. The van der Waals surface area contributed by atoms with Crippen molar-refractivity contribution in [3.05, 3.63) is 97.3 Å². The van der Waals surface area contributed by atoms with Crippen molar-refractivity contribution in [2.24, 2.45) is 0 Å². The third kappa shape index (κ3) is 6.04. The second-order valence-corrected chi connectivity index (χ2v) is 7.69. The van der Waals surface area contributed by atoms with Crippen LogP contribution >= 0.6 is 0 Å². The van der Waals surface area contributed by atoms with Gasteiger partial charge in [-0.05, 0) is 49.7 Å². The Morgan fingerprint density at radius 1 is 1.06 bits per heavy atom. The number of aryl methyl sites for hydroxylation is 1. The summed E-state index contributed by atoms with van der Waals surface area (Å²) >= 11 is 0. The van der Waals surface area contributed by atoms with E-state index in [0.717, 1.165) is 35.7 Å². The molecule has 1 N–H and O–H groups in total. The normalized spacial score (nSPS) is 10.7. The molecule has 2 heterocycles. The number of hydrogen-bond acceptors (Lipinski definition) is 3. The second-order valence-electron chi connectivity index (χ2n) is 7.69. The number of para-hydroxylation sites is 1. The summed E-state index contributed by atoms with van der Waals surface area (Å²) < 4.78 is 9.81. The summed E-state index contributed by atoms with van der Waals surface area (Å²) in [6, 6.07) is 19.5. The highest BCUT2D eigenvalue weighted by molar-refractivity contribution is 5.89. The lowest BCUT2D eigenvalue weighted by atomic mass is 10.2. The topological polar surface area (TPSA) is 64.3 Å². The predicted molar refractivity (Wildman–Crippen MR) is 130 cm³/mol. The Balaban J connectivity index is 1.49. The number of imidazole rings is 1. The van der Waals surface area contributed by atoms with Gasteiger partial charge in [0.15, 0.2) is 0 Å². The van der Waals surface area contributed by atoms with Crippen molar-refractivity contribution in [3.63, 3.8) is 0 Å². The fourth-order valence-electron chi connectivity index (χ4n) is 3.71. The van der Waals surface area contributed by atoms with Crippen LogP contribution in [-0.4, -0.2) is 38.2 Å². The smallest absolute Gasteiger partial charge is 0.322 e. The maximum atomic E-state index is 13.3. The first-order chi connectivity index (χ1) is 16.2. The molecule has 0 saturated heterocycles. The Kier molecular flexibility index (Phi) is 7.43. The Hall–Kier alpha value is -4.00. The maximum Gasteiger partial charge on any atom is 0.322 e. The summed E-state index contributed by atoms with van der Waals surface area (Å²) in [7, 11) is 0. The van der Waals surface area contributed by atoms with E-state index in [2.05, 4.69) is 10.3 Å². The Morgan fingerprint density at radius 3 is 2.70 bits per heavy atom. The van der Waals surface area contributed by atoms with Gasteiger partial charge >= 0.3 is 6.03 Å². The molecule has 0 bridgehead atoms. The van der Waals surface area contributed by atoms with Crippen molar-refractivity contribution >= 4 is 11.7 Å². The molecule has 0 saturated carbocycles. The van der Waals surface area contributed by atoms with E-state index in [1.807, 2.05) is 100 Å². The van der Waals surface area contributed by atoms with E-state index in [-0.39, 0.29) is 6.03 Å². The van der Waals surface area contributed by atoms with Crippen molar-refractivity contribution in [2.75, 3.05) is 18.5 Å². The van der Waals surface area contributed by atoms with E-state index in [0.29, 0.717) is 19.7 Å². The largest absolute Gasteiger partial charge is 0.494 e. The van der Waals surface area contributed by atoms with Gasteiger partial charge in [0.1, 0.15) is 5.75 Å². The van der Waals surface area contributed by atoms with Gasteiger partial charge in [-0.3, -0.25) is 0 Å². The number of nitrogens with one attached hydrogen (secondary N) is 1. The molecule has 0 aliphatic heterocycles. The van der Waals surface area contributed by atoms with Gasteiger partial charge < -0.3 is 24.1 Å². The molecular weight excluding hydrogens is 414 g/mol. The monoisotopic (exact) mass is 443 g/mol.